The van der Waals surface area contributed by atoms with Crippen molar-refractivity contribution in [3.63, 3.8) is 0 Å². The second-order valence-electron chi connectivity index (χ2n) is 5.63. The Hall–Kier alpha value is -1.43. The summed E-state index contributed by atoms with van der Waals surface area (Å²) in [6.45, 7) is 0.860. The van der Waals surface area contributed by atoms with Gasteiger partial charge in [-0.25, -0.2) is 0 Å². The van der Waals surface area contributed by atoms with Crippen LogP contribution in [0.5, 0.6) is 0 Å². The van der Waals surface area contributed by atoms with E-state index >= 15 is 0 Å². The number of benzene rings is 2. The third-order valence-electron chi connectivity index (χ3n) is 3.91. The van der Waals surface area contributed by atoms with Crippen molar-refractivity contribution in [1.82, 2.24) is 0 Å². The minimum Gasteiger partial charge on any atom is -0.377 e. The second kappa shape index (κ2) is 8.60. The molecule has 0 aliphatic carbocycles. The highest BCUT2D eigenvalue weighted by atomic mass is 32.2. The molecule has 5 heteroatoms. The fourth-order valence-corrected chi connectivity index (χ4v) is 4.22. The topological polar surface area (TPSA) is 38.3 Å². The van der Waals surface area contributed by atoms with Crippen LogP contribution in [0.2, 0.25) is 0 Å². The van der Waals surface area contributed by atoms with Crippen LogP contribution in [0.1, 0.15) is 23.2 Å². The fourth-order valence-electron chi connectivity index (χ4n) is 2.64. The summed E-state index contributed by atoms with van der Waals surface area (Å²) in [4.78, 5) is 14.8. The number of hydrogen-bond acceptors (Lipinski definition) is 4. The predicted octanol–water partition coefficient (Wildman–Crippen LogP) is 4.93. The predicted molar refractivity (Wildman–Crippen MR) is 102 cm³/mol. The molecule has 1 aliphatic heterocycles. The van der Waals surface area contributed by atoms with Gasteiger partial charge >= 0.3 is 0 Å². The molecule has 1 fully saturated rings. The van der Waals surface area contributed by atoms with Crippen LogP contribution >= 0.6 is 23.5 Å². The molecule has 3 nitrogen and oxygen atoms in total. The Morgan fingerprint density at radius 3 is 2.92 bits per heavy atom. The van der Waals surface area contributed by atoms with Gasteiger partial charge in [-0.2, -0.15) is 0 Å². The first-order valence-electron chi connectivity index (χ1n) is 8.05. The fraction of sp³-hybridized carbons (Fsp3) is 0.316. The van der Waals surface area contributed by atoms with Crippen molar-refractivity contribution in [3.8, 4) is 0 Å². The van der Waals surface area contributed by atoms with E-state index in [1.807, 2.05) is 54.8 Å². The van der Waals surface area contributed by atoms with Gasteiger partial charge in [0.1, 0.15) is 0 Å². The summed E-state index contributed by atoms with van der Waals surface area (Å²) in [5.41, 5.74) is 1.54. The van der Waals surface area contributed by atoms with Gasteiger partial charge < -0.3 is 10.1 Å². The summed E-state index contributed by atoms with van der Waals surface area (Å²) in [5.74, 6) is 0.829. The highest BCUT2D eigenvalue weighted by Gasteiger charge is 2.18. The number of rotatable bonds is 6. The number of hydrogen-bond donors (Lipinski definition) is 1. The molecule has 0 saturated carbocycles. The Morgan fingerprint density at radius 2 is 2.12 bits per heavy atom. The first-order valence-corrected chi connectivity index (χ1v) is 10.3. The van der Waals surface area contributed by atoms with Crippen molar-refractivity contribution < 1.29 is 9.53 Å². The molecule has 0 spiro atoms. The lowest BCUT2D eigenvalue weighted by atomic mass is 10.2. The van der Waals surface area contributed by atoms with Gasteiger partial charge in [-0.3, -0.25) is 4.79 Å². The normalized spacial score (nSPS) is 17.0. The molecular formula is C19H21NO2S2. The summed E-state index contributed by atoms with van der Waals surface area (Å²) >= 11 is 3.36. The molecule has 1 heterocycles. The van der Waals surface area contributed by atoms with Crippen LogP contribution in [-0.4, -0.2) is 30.6 Å². The Balaban J connectivity index is 1.69. The van der Waals surface area contributed by atoms with Crippen LogP contribution < -0.4 is 5.32 Å². The smallest absolute Gasteiger partial charge is 0.256 e. The van der Waals surface area contributed by atoms with Gasteiger partial charge in [-0.15, -0.1) is 23.5 Å². The lowest BCUT2D eigenvalue weighted by Crippen LogP contribution is -2.14. The van der Waals surface area contributed by atoms with Crippen LogP contribution in [0, 0.1) is 0 Å². The third kappa shape index (κ3) is 4.56. The lowest BCUT2D eigenvalue weighted by Gasteiger charge is -2.12. The zero-order valence-corrected chi connectivity index (χ0v) is 15.3. The van der Waals surface area contributed by atoms with Crippen molar-refractivity contribution in [3.05, 3.63) is 54.1 Å². The maximum absolute atomic E-state index is 12.7. The van der Waals surface area contributed by atoms with E-state index in [1.54, 1.807) is 23.5 Å². The van der Waals surface area contributed by atoms with Crippen molar-refractivity contribution in [2.45, 2.75) is 28.7 Å². The zero-order valence-electron chi connectivity index (χ0n) is 13.7. The van der Waals surface area contributed by atoms with E-state index in [0.717, 1.165) is 46.2 Å². The van der Waals surface area contributed by atoms with E-state index < -0.39 is 0 Å². The largest absolute Gasteiger partial charge is 0.377 e. The molecule has 1 atom stereocenters. The van der Waals surface area contributed by atoms with Gasteiger partial charge in [-0.05, 0) is 49.4 Å². The summed E-state index contributed by atoms with van der Waals surface area (Å²) in [7, 11) is 0. The third-order valence-corrected chi connectivity index (χ3v) is 5.84. The minimum atomic E-state index is -0.0660. The number of carbonyl (C=O) groups excluding carboxylic acids is 1. The average Bonchev–Trinajstić information content (AvgIpc) is 3.14. The molecule has 0 aromatic heterocycles. The first-order chi connectivity index (χ1) is 11.8. The molecule has 1 amide bonds. The zero-order chi connectivity index (χ0) is 16.8. The molecule has 1 aliphatic rings. The van der Waals surface area contributed by atoms with Gasteiger partial charge in [0.15, 0.2) is 0 Å². The molecule has 2 aromatic rings. The summed E-state index contributed by atoms with van der Waals surface area (Å²) in [5, 5.41) is 3.00. The Bertz CT molecular complexity index is 699. The summed E-state index contributed by atoms with van der Waals surface area (Å²) in [6, 6.07) is 15.7. The van der Waals surface area contributed by atoms with E-state index in [1.165, 1.54) is 0 Å². The van der Waals surface area contributed by atoms with Crippen LogP contribution in [-0.2, 0) is 4.74 Å². The number of nitrogens with one attached hydrogen (secondary N) is 1. The van der Waals surface area contributed by atoms with Gasteiger partial charge in [0.2, 0.25) is 0 Å². The van der Waals surface area contributed by atoms with Crippen LogP contribution in [0.4, 0.5) is 5.69 Å². The number of thioether (sulfide) groups is 2. The number of anilines is 1. The van der Waals surface area contributed by atoms with Crippen LogP contribution in [0.3, 0.4) is 0 Å². The second-order valence-corrected chi connectivity index (χ2v) is 7.57. The molecule has 24 heavy (non-hydrogen) atoms. The molecule has 1 saturated heterocycles. The van der Waals surface area contributed by atoms with Crippen molar-refractivity contribution >= 4 is 35.1 Å². The molecular weight excluding hydrogens is 338 g/mol. The molecule has 1 unspecified atom stereocenters. The molecule has 1 N–H and O–H groups in total. The summed E-state index contributed by atoms with van der Waals surface area (Å²) < 4.78 is 5.67. The Kier molecular flexibility index (Phi) is 6.24. The summed E-state index contributed by atoms with van der Waals surface area (Å²) in [6.07, 6.45) is 4.59. The highest BCUT2D eigenvalue weighted by molar-refractivity contribution is 7.99. The Labute approximate surface area is 151 Å². The molecule has 3 rings (SSSR count). The van der Waals surface area contributed by atoms with Gasteiger partial charge in [0.05, 0.1) is 11.7 Å². The molecule has 126 valence electrons. The van der Waals surface area contributed by atoms with Crippen molar-refractivity contribution in [1.29, 1.82) is 0 Å². The van der Waals surface area contributed by atoms with Crippen molar-refractivity contribution in [2.24, 2.45) is 0 Å². The first kappa shape index (κ1) is 17.4. The van der Waals surface area contributed by atoms with Gasteiger partial charge in [0.25, 0.3) is 5.91 Å². The molecule has 0 bridgehead atoms. The van der Waals surface area contributed by atoms with Crippen LogP contribution in [0.15, 0.2) is 58.3 Å². The van der Waals surface area contributed by atoms with Gasteiger partial charge in [0, 0.05) is 27.8 Å². The number of ether oxygens (including phenoxy) is 1. The maximum Gasteiger partial charge on any atom is 0.256 e. The molecule has 0 radical (unpaired) electrons. The van der Waals surface area contributed by atoms with E-state index in [2.05, 4.69) is 5.32 Å². The van der Waals surface area contributed by atoms with E-state index in [4.69, 9.17) is 4.74 Å². The monoisotopic (exact) mass is 359 g/mol. The maximum atomic E-state index is 12.7. The van der Waals surface area contributed by atoms with E-state index in [-0.39, 0.29) is 5.91 Å². The number of carbonyl (C=O) groups is 1. The highest BCUT2D eigenvalue weighted by Crippen LogP contribution is 2.27. The standard InChI is InChI=1S/C19H21NO2S2/c1-23-16-8-4-6-14(12-16)20-19(21)17-9-2-3-10-18(17)24-13-15-7-5-11-22-15/h2-4,6,8-10,12,15H,5,7,11,13H2,1H3,(H,20,21). The average molecular weight is 360 g/mol. The van der Waals surface area contributed by atoms with Crippen LogP contribution in [0.25, 0.3) is 0 Å². The van der Waals surface area contributed by atoms with Crippen molar-refractivity contribution in [2.75, 3.05) is 23.9 Å². The lowest BCUT2D eigenvalue weighted by molar-refractivity contribution is 0.102. The van der Waals surface area contributed by atoms with E-state index in [9.17, 15) is 4.79 Å². The minimum absolute atomic E-state index is 0.0660. The quantitative estimate of drug-likeness (QED) is 0.742. The molecule has 2 aromatic carbocycles. The van der Waals surface area contributed by atoms with E-state index in [0.29, 0.717) is 6.10 Å². The SMILES string of the molecule is CSc1cccc(NC(=O)c2ccccc2SCC2CCCO2)c1. The Morgan fingerprint density at radius 1 is 1.25 bits per heavy atom. The van der Waals surface area contributed by atoms with Gasteiger partial charge in [-0.1, -0.05) is 18.2 Å². The number of amides is 1.